The highest BCUT2D eigenvalue weighted by atomic mass is 32.2. The molecular weight excluding hydrogens is 544 g/mol. The minimum atomic E-state index is -3.84. The van der Waals surface area contributed by atoms with Crippen LogP contribution in [0.25, 0.3) is 11.0 Å². The third-order valence-electron chi connectivity index (χ3n) is 7.70. The van der Waals surface area contributed by atoms with E-state index in [4.69, 9.17) is 4.98 Å². The summed E-state index contributed by atoms with van der Waals surface area (Å²) in [6.07, 6.45) is 9.79. The summed E-state index contributed by atoms with van der Waals surface area (Å²) in [7, 11) is -1.70. The molecule has 2 fully saturated rings. The standard InChI is InChI=1S/C27H34N8O2S.CH4.H2S/c1-18-4-8-23(9-5-18)38(36,37)35-15-12-24-25(29-19(2)20-6-7-20)31-27(32-26(24)35)30-21-16-28-34(17-21)22-10-13-33(3)14-11-22;;/h4-5,8-9,12,15-17,19-20,22H,6-7,10-11,13-14H2,1-3H3,(H2,29,30,31,32);1H4;1H2/t19-;;/m0../s1. The summed E-state index contributed by atoms with van der Waals surface area (Å²) in [4.78, 5) is 12.0. The average molecular weight is 585 g/mol. The van der Waals surface area contributed by atoms with Crippen LogP contribution in [0.5, 0.6) is 0 Å². The van der Waals surface area contributed by atoms with Gasteiger partial charge in [-0.25, -0.2) is 12.4 Å². The molecule has 0 radical (unpaired) electrons. The van der Waals surface area contributed by atoms with Crippen molar-refractivity contribution < 1.29 is 8.42 Å². The van der Waals surface area contributed by atoms with Crippen molar-refractivity contribution in [2.75, 3.05) is 30.8 Å². The van der Waals surface area contributed by atoms with Gasteiger partial charge in [0.25, 0.3) is 10.0 Å². The average Bonchev–Trinajstić information content (AvgIpc) is 3.50. The van der Waals surface area contributed by atoms with Crippen molar-refractivity contribution in [1.29, 1.82) is 0 Å². The van der Waals surface area contributed by atoms with E-state index >= 15 is 0 Å². The Bertz CT molecular complexity index is 1550. The summed E-state index contributed by atoms with van der Waals surface area (Å²) in [5, 5.41) is 12.0. The number of nitrogens with zero attached hydrogens (tertiary/aromatic N) is 6. The second kappa shape index (κ2) is 11.8. The number of rotatable bonds is 8. The Morgan fingerprint density at radius 3 is 2.40 bits per heavy atom. The van der Waals surface area contributed by atoms with Crippen molar-refractivity contribution >= 4 is 52.0 Å². The molecule has 2 aliphatic rings. The Morgan fingerprint density at radius 1 is 1.02 bits per heavy atom. The van der Waals surface area contributed by atoms with E-state index in [2.05, 4.69) is 39.6 Å². The molecule has 3 aromatic heterocycles. The molecule has 4 heterocycles. The van der Waals surface area contributed by atoms with Gasteiger partial charge in [0.05, 0.1) is 28.2 Å². The second-order valence-corrected chi connectivity index (χ2v) is 12.5. The van der Waals surface area contributed by atoms with Gasteiger partial charge >= 0.3 is 0 Å². The van der Waals surface area contributed by atoms with Crippen LogP contribution in [0, 0.1) is 12.8 Å². The molecule has 216 valence electrons. The summed E-state index contributed by atoms with van der Waals surface area (Å²) >= 11 is 0. The highest BCUT2D eigenvalue weighted by molar-refractivity contribution is 7.90. The largest absolute Gasteiger partial charge is 0.367 e. The van der Waals surface area contributed by atoms with Gasteiger partial charge in [-0.05, 0) is 83.8 Å². The first-order valence-electron chi connectivity index (χ1n) is 13.3. The molecule has 40 heavy (non-hydrogen) atoms. The molecule has 1 saturated heterocycles. The number of fused-ring (bicyclic) bond motifs is 1. The number of aryl methyl sites for hydroxylation is 1. The number of aromatic nitrogens is 5. The number of nitrogens with one attached hydrogen (secondary N) is 2. The molecule has 1 aliphatic heterocycles. The predicted octanol–water partition coefficient (Wildman–Crippen LogP) is 5.14. The maximum Gasteiger partial charge on any atom is 0.269 e. The topological polar surface area (TPSA) is 110 Å². The second-order valence-electron chi connectivity index (χ2n) is 10.7. The van der Waals surface area contributed by atoms with Gasteiger partial charge in [-0.3, -0.25) is 4.68 Å². The first-order valence-corrected chi connectivity index (χ1v) is 14.7. The summed E-state index contributed by atoms with van der Waals surface area (Å²) in [6, 6.07) is 9.21. The fraction of sp³-hybridized carbons (Fsp3) is 0.464. The van der Waals surface area contributed by atoms with Gasteiger partial charge < -0.3 is 15.5 Å². The van der Waals surface area contributed by atoms with E-state index < -0.39 is 10.0 Å². The third kappa shape index (κ3) is 5.98. The molecule has 1 atom stereocenters. The van der Waals surface area contributed by atoms with Crippen LogP contribution in [-0.4, -0.2) is 63.2 Å². The van der Waals surface area contributed by atoms with Gasteiger partial charge in [0, 0.05) is 18.4 Å². The van der Waals surface area contributed by atoms with Crippen molar-refractivity contribution in [3.63, 3.8) is 0 Å². The summed E-state index contributed by atoms with van der Waals surface area (Å²) in [5.74, 6) is 1.55. The van der Waals surface area contributed by atoms with E-state index in [9.17, 15) is 8.42 Å². The van der Waals surface area contributed by atoms with Crippen LogP contribution in [0.15, 0.2) is 53.8 Å². The fourth-order valence-electron chi connectivity index (χ4n) is 5.10. The van der Waals surface area contributed by atoms with Crippen LogP contribution in [0.3, 0.4) is 0 Å². The molecule has 1 aromatic carbocycles. The van der Waals surface area contributed by atoms with Gasteiger partial charge in [-0.15, -0.1) is 0 Å². The van der Waals surface area contributed by atoms with Crippen LogP contribution < -0.4 is 10.6 Å². The smallest absolute Gasteiger partial charge is 0.269 e. The molecule has 1 aliphatic carbocycles. The first-order chi connectivity index (χ1) is 18.3. The Kier molecular flexibility index (Phi) is 8.81. The quantitative estimate of drug-likeness (QED) is 0.293. The third-order valence-corrected chi connectivity index (χ3v) is 9.38. The van der Waals surface area contributed by atoms with Gasteiger partial charge in [0.2, 0.25) is 5.95 Å². The fourth-order valence-corrected chi connectivity index (χ4v) is 6.39. The highest BCUT2D eigenvalue weighted by Crippen LogP contribution is 2.35. The van der Waals surface area contributed by atoms with Crippen LogP contribution in [0.1, 0.15) is 51.6 Å². The Labute approximate surface area is 243 Å². The van der Waals surface area contributed by atoms with Crippen LogP contribution >= 0.6 is 13.5 Å². The van der Waals surface area contributed by atoms with Gasteiger partial charge in [0.15, 0.2) is 5.65 Å². The van der Waals surface area contributed by atoms with E-state index in [0.29, 0.717) is 34.8 Å². The zero-order chi connectivity index (χ0) is 26.4. The molecular formula is C28H40N8O2S2. The number of anilines is 3. The number of hydrogen-bond acceptors (Lipinski definition) is 8. The summed E-state index contributed by atoms with van der Waals surface area (Å²) < 4.78 is 30.4. The minimum absolute atomic E-state index is 0. The number of piperidine rings is 1. The molecule has 1 saturated carbocycles. The van der Waals surface area contributed by atoms with Crippen LogP contribution in [0.4, 0.5) is 17.5 Å². The van der Waals surface area contributed by atoms with E-state index in [1.54, 1.807) is 42.7 Å². The zero-order valence-electron chi connectivity index (χ0n) is 22.5. The van der Waals surface area contributed by atoms with Crippen LogP contribution in [-0.2, 0) is 10.0 Å². The van der Waals surface area contributed by atoms with Crippen molar-refractivity contribution in [1.82, 2.24) is 28.6 Å². The molecule has 0 amide bonds. The monoisotopic (exact) mass is 584 g/mol. The molecule has 10 nitrogen and oxygen atoms in total. The summed E-state index contributed by atoms with van der Waals surface area (Å²) in [6.45, 7) is 6.17. The van der Waals surface area contributed by atoms with Crippen molar-refractivity contribution in [2.24, 2.45) is 5.92 Å². The lowest BCUT2D eigenvalue weighted by Gasteiger charge is -2.28. The van der Waals surface area contributed by atoms with Gasteiger partial charge in [-0.2, -0.15) is 28.6 Å². The number of hydrogen-bond donors (Lipinski definition) is 2. The molecule has 12 heteroatoms. The lowest BCUT2D eigenvalue weighted by molar-refractivity contribution is 0.212. The molecule has 0 bridgehead atoms. The molecule has 0 unspecified atom stereocenters. The Hall–Kier alpha value is -3.09. The van der Waals surface area contributed by atoms with E-state index in [1.165, 1.54) is 16.8 Å². The highest BCUT2D eigenvalue weighted by Gasteiger charge is 2.29. The van der Waals surface area contributed by atoms with Gasteiger partial charge in [0.1, 0.15) is 5.82 Å². The molecule has 6 rings (SSSR count). The van der Waals surface area contributed by atoms with E-state index in [1.807, 2.05) is 17.8 Å². The zero-order valence-corrected chi connectivity index (χ0v) is 24.3. The lowest BCUT2D eigenvalue weighted by atomic mass is 10.1. The Morgan fingerprint density at radius 2 is 1.73 bits per heavy atom. The predicted molar refractivity (Wildman–Crippen MR) is 165 cm³/mol. The SMILES string of the molecule is C.Cc1ccc(S(=O)(=O)n2ccc3c(N[C@@H](C)C4CC4)nc(Nc4cnn(C5CCN(C)CC5)c4)nc32)cc1.S. The Balaban J connectivity index is 0.00000185. The van der Waals surface area contributed by atoms with Crippen molar-refractivity contribution in [2.45, 2.75) is 63.9 Å². The molecule has 0 spiro atoms. The minimum Gasteiger partial charge on any atom is -0.367 e. The van der Waals surface area contributed by atoms with Crippen LogP contribution in [0.2, 0.25) is 0 Å². The van der Waals surface area contributed by atoms with Crippen molar-refractivity contribution in [3.8, 4) is 0 Å². The maximum absolute atomic E-state index is 13.6. The van der Waals surface area contributed by atoms with E-state index in [-0.39, 0.29) is 31.9 Å². The maximum atomic E-state index is 13.6. The normalized spacial score (nSPS) is 17.2. The van der Waals surface area contributed by atoms with Crippen molar-refractivity contribution in [3.05, 3.63) is 54.5 Å². The molecule has 2 N–H and O–H groups in total. The first kappa shape index (κ1) is 29.9. The van der Waals surface area contributed by atoms with Gasteiger partial charge in [-0.1, -0.05) is 25.1 Å². The number of benzene rings is 1. The molecule has 4 aromatic rings. The number of likely N-dealkylation sites (tertiary alicyclic amines) is 1. The summed E-state index contributed by atoms with van der Waals surface area (Å²) in [5.41, 5.74) is 2.09. The van der Waals surface area contributed by atoms with E-state index in [0.717, 1.165) is 37.2 Å². The lowest BCUT2D eigenvalue weighted by Crippen LogP contribution is -2.31.